The average molecular weight is 467 g/mol. The molecule has 0 radical (unpaired) electrons. The summed E-state index contributed by atoms with van der Waals surface area (Å²) in [5.74, 6) is 0.426. The van der Waals surface area contributed by atoms with Gasteiger partial charge in [0.25, 0.3) is 5.91 Å². The highest BCUT2D eigenvalue weighted by Gasteiger charge is 2.32. The summed E-state index contributed by atoms with van der Waals surface area (Å²) in [5.41, 5.74) is 2.64. The molecule has 1 aromatic heterocycles. The zero-order chi connectivity index (χ0) is 20.8. The van der Waals surface area contributed by atoms with Crippen molar-refractivity contribution in [3.63, 3.8) is 0 Å². The van der Waals surface area contributed by atoms with Crippen molar-refractivity contribution < 1.29 is 4.79 Å². The van der Waals surface area contributed by atoms with Crippen LogP contribution in [0.15, 0.2) is 40.9 Å². The lowest BCUT2D eigenvalue weighted by molar-refractivity contribution is 0.102. The van der Waals surface area contributed by atoms with E-state index in [1.54, 1.807) is 11.3 Å². The average Bonchev–Trinajstić information content (AvgIpc) is 3.03. The molecule has 0 spiro atoms. The number of nitrogens with one attached hydrogen (secondary N) is 1. The molecular weight excluding hydrogens is 444 g/mol. The quantitative estimate of drug-likeness (QED) is 0.444. The molecule has 4 rings (SSSR count). The Morgan fingerprint density at radius 1 is 1.21 bits per heavy atom. The monoisotopic (exact) mass is 466 g/mol. The van der Waals surface area contributed by atoms with E-state index in [0.717, 1.165) is 40.1 Å². The second-order valence-electron chi connectivity index (χ2n) is 8.72. The molecule has 148 valence electrons. The summed E-state index contributed by atoms with van der Waals surface area (Å²) in [6.45, 7) is 6.84. The minimum Gasteiger partial charge on any atom is -0.312 e. The Morgan fingerprint density at radius 2 is 1.93 bits per heavy atom. The van der Waals surface area contributed by atoms with Gasteiger partial charge in [0, 0.05) is 14.9 Å². The summed E-state index contributed by atoms with van der Waals surface area (Å²) in [7, 11) is 0. The number of fused-ring (bicyclic) bond motifs is 2. The number of thiophene rings is 1. The van der Waals surface area contributed by atoms with Crippen LogP contribution < -0.4 is 5.32 Å². The SMILES string of the molecule is CC(C)(C)[C@H]1CCc2c(sc(NC(=O)c3cccc4c(Br)cccc34)c2C#N)C1. The second kappa shape index (κ2) is 7.59. The topological polar surface area (TPSA) is 52.9 Å². The molecule has 0 bridgehead atoms. The maximum absolute atomic E-state index is 13.1. The number of anilines is 1. The summed E-state index contributed by atoms with van der Waals surface area (Å²) >= 11 is 5.13. The van der Waals surface area contributed by atoms with Crippen molar-refractivity contribution in [2.75, 3.05) is 5.32 Å². The van der Waals surface area contributed by atoms with Crippen LogP contribution >= 0.6 is 27.3 Å². The highest BCUT2D eigenvalue weighted by atomic mass is 79.9. The van der Waals surface area contributed by atoms with Gasteiger partial charge >= 0.3 is 0 Å². The molecule has 5 heteroatoms. The lowest BCUT2D eigenvalue weighted by Gasteiger charge is -2.33. The van der Waals surface area contributed by atoms with Gasteiger partial charge in [-0.15, -0.1) is 11.3 Å². The van der Waals surface area contributed by atoms with Crippen molar-refractivity contribution in [3.05, 3.63) is 62.4 Å². The van der Waals surface area contributed by atoms with Gasteiger partial charge < -0.3 is 5.32 Å². The van der Waals surface area contributed by atoms with Crippen LogP contribution in [0.3, 0.4) is 0 Å². The molecule has 29 heavy (non-hydrogen) atoms. The van der Waals surface area contributed by atoms with Gasteiger partial charge in [-0.2, -0.15) is 5.26 Å². The Labute approximate surface area is 183 Å². The molecule has 0 saturated heterocycles. The summed E-state index contributed by atoms with van der Waals surface area (Å²) < 4.78 is 0.960. The van der Waals surface area contributed by atoms with Crippen LogP contribution in [0.25, 0.3) is 10.8 Å². The van der Waals surface area contributed by atoms with Crippen LogP contribution in [0.1, 0.15) is 53.6 Å². The van der Waals surface area contributed by atoms with Crippen molar-refractivity contribution in [1.29, 1.82) is 5.26 Å². The van der Waals surface area contributed by atoms with Gasteiger partial charge in [0.2, 0.25) is 0 Å². The van der Waals surface area contributed by atoms with Gasteiger partial charge in [0.1, 0.15) is 11.1 Å². The summed E-state index contributed by atoms with van der Waals surface area (Å²) in [6, 6.07) is 13.9. The largest absolute Gasteiger partial charge is 0.312 e. The number of nitrogens with zero attached hydrogens (tertiary/aromatic N) is 1. The fourth-order valence-electron chi connectivity index (χ4n) is 4.17. The van der Waals surface area contributed by atoms with Crippen molar-refractivity contribution >= 4 is 48.9 Å². The number of amides is 1. The number of carbonyl (C=O) groups excluding carboxylic acids is 1. The molecular formula is C24H23BrN2OS. The normalized spacial score (nSPS) is 16.3. The van der Waals surface area contributed by atoms with Crippen molar-refractivity contribution in [2.24, 2.45) is 11.3 Å². The van der Waals surface area contributed by atoms with Gasteiger partial charge in [0.05, 0.1) is 5.56 Å². The van der Waals surface area contributed by atoms with Crippen LogP contribution in [0.4, 0.5) is 5.00 Å². The van der Waals surface area contributed by atoms with Gasteiger partial charge in [-0.3, -0.25) is 4.79 Å². The Morgan fingerprint density at radius 3 is 2.66 bits per heavy atom. The number of nitriles is 1. The Hall–Kier alpha value is -2.16. The summed E-state index contributed by atoms with van der Waals surface area (Å²) in [5, 5.41) is 15.4. The zero-order valence-electron chi connectivity index (χ0n) is 16.8. The molecule has 1 aliphatic carbocycles. The third-order valence-corrected chi connectivity index (χ3v) is 7.80. The zero-order valence-corrected chi connectivity index (χ0v) is 19.2. The molecule has 1 aliphatic rings. The fraction of sp³-hybridized carbons (Fsp3) is 0.333. The lowest BCUT2D eigenvalue weighted by atomic mass is 9.72. The predicted molar refractivity (Wildman–Crippen MR) is 124 cm³/mol. The van der Waals surface area contributed by atoms with E-state index in [1.165, 1.54) is 4.88 Å². The highest BCUT2D eigenvalue weighted by molar-refractivity contribution is 9.10. The smallest absolute Gasteiger partial charge is 0.256 e. The van der Waals surface area contributed by atoms with E-state index >= 15 is 0 Å². The van der Waals surface area contributed by atoms with E-state index in [4.69, 9.17) is 0 Å². The summed E-state index contributed by atoms with van der Waals surface area (Å²) in [4.78, 5) is 14.4. The second-order valence-corrected chi connectivity index (χ2v) is 10.7. The molecule has 0 saturated carbocycles. The predicted octanol–water partition coefficient (Wildman–Crippen LogP) is 6.94. The van der Waals surface area contributed by atoms with Crippen LogP contribution in [0.5, 0.6) is 0 Å². The number of hydrogen-bond acceptors (Lipinski definition) is 3. The van der Waals surface area contributed by atoms with Crippen LogP contribution in [-0.2, 0) is 12.8 Å². The molecule has 1 heterocycles. The Balaban J connectivity index is 1.68. The van der Waals surface area contributed by atoms with E-state index in [-0.39, 0.29) is 11.3 Å². The summed E-state index contributed by atoms with van der Waals surface area (Å²) in [6.07, 6.45) is 2.98. The van der Waals surface area contributed by atoms with Crippen LogP contribution in [0, 0.1) is 22.7 Å². The molecule has 0 fully saturated rings. The first-order valence-electron chi connectivity index (χ1n) is 9.83. The Bertz CT molecular complexity index is 1150. The van der Waals surface area contributed by atoms with Crippen molar-refractivity contribution in [2.45, 2.75) is 40.0 Å². The number of carbonyl (C=O) groups is 1. The van der Waals surface area contributed by atoms with E-state index in [9.17, 15) is 10.1 Å². The number of hydrogen-bond donors (Lipinski definition) is 1. The van der Waals surface area contributed by atoms with E-state index in [2.05, 4.69) is 48.1 Å². The van der Waals surface area contributed by atoms with Gasteiger partial charge in [0.15, 0.2) is 0 Å². The van der Waals surface area contributed by atoms with Crippen molar-refractivity contribution in [3.8, 4) is 6.07 Å². The van der Waals surface area contributed by atoms with Gasteiger partial charge in [-0.1, -0.05) is 61.0 Å². The minimum atomic E-state index is -0.170. The molecule has 1 amide bonds. The molecule has 1 N–H and O–H groups in total. The van der Waals surface area contributed by atoms with E-state index in [0.29, 0.717) is 22.0 Å². The van der Waals surface area contributed by atoms with Crippen molar-refractivity contribution in [1.82, 2.24) is 0 Å². The van der Waals surface area contributed by atoms with E-state index < -0.39 is 0 Å². The Kier molecular flexibility index (Phi) is 5.27. The maximum atomic E-state index is 13.1. The molecule has 3 nitrogen and oxygen atoms in total. The van der Waals surface area contributed by atoms with Gasteiger partial charge in [-0.05, 0) is 59.1 Å². The molecule has 2 aromatic carbocycles. The lowest BCUT2D eigenvalue weighted by Crippen LogP contribution is -2.26. The maximum Gasteiger partial charge on any atom is 0.256 e. The molecule has 0 unspecified atom stereocenters. The van der Waals surface area contributed by atoms with Crippen LogP contribution in [0.2, 0.25) is 0 Å². The highest BCUT2D eigenvalue weighted by Crippen LogP contribution is 2.44. The third kappa shape index (κ3) is 3.72. The third-order valence-electron chi connectivity index (χ3n) is 5.94. The fourth-order valence-corrected chi connectivity index (χ4v) is 5.94. The minimum absolute atomic E-state index is 0.170. The first-order chi connectivity index (χ1) is 13.8. The van der Waals surface area contributed by atoms with E-state index in [1.807, 2.05) is 36.4 Å². The van der Waals surface area contributed by atoms with Crippen LogP contribution in [-0.4, -0.2) is 5.91 Å². The number of benzene rings is 2. The number of halogens is 1. The van der Waals surface area contributed by atoms with Gasteiger partial charge in [-0.25, -0.2) is 0 Å². The number of rotatable bonds is 2. The first kappa shape index (κ1) is 20.1. The molecule has 3 aromatic rings. The first-order valence-corrected chi connectivity index (χ1v) is 11.4. The molecule has 0 aliphatic heterocycles. The molecule has 1 atom stereocenters. The standard InChI is InChI=1S/C24H23BrN2OS/c1-24(2,3)14-10-11-17-19(13-26)23(29-21(17)12-14)27-22(28)18-8-4-7-16-15(18)6-5-9-20(16)25/h4-9,14H,10-12H2,1-3H3,(H,27,28)/t14-/m0/s1.